The van der Waals surface area contributed by atoms with Gasteiger partial charge >= 0.3 is 0 Å². The number of rotatable bonds is 7. The Labute approximate surface area is 190 Å². The summed E-state index contributed by atoms with van der Waals surface area (Å²) in [6.07, 6.45) is 6.27. The molecule has 2 aromatic carbocycles. The number of likely N-dealkylation sites (tertiary alicyclic amines) is 1. The normalized spacial score (nSPS) is 14.8. The molecule has 0 N–H and O–H groups in total. The van der Waals surface area contributed by atoms with E-state index in [9.17, 15) is 4.79 Å². The number of halogens is 1. The van der Waals surface area contributed by atoms with Gasteiger partial charge in [0.05, 0.1) is 10.5 Å². The molecule has 1 fully saturated rings. The molecular formula is C26H33ClN2O2. The van der Waals surface area contributed by atoms with Crippen LogP contribution in [0, 0.1) is 6.92 Å². The van der Waals surface area contributed by atoms with E-state index >= 15 is 0 Å². The van der Waals surface area contributed by atoms with Crippen molar-refractivity contribution < 1.29 is 9.53 Å². The van der Waals surface area contributed by atoms with E-state index < -0.39 is 0 Å². The molecule has 0 atom stereocenters. The lowest BCUT2D eigenvalue weighted by Crippen LogP contribution is -2.39. The van der Waals surface area contributed by atoms with Gasteiger partial charge in [-0.3, -0.25) is 4.79 Å². The third-order valence-corrected chi connectivity index (χ3v) is 6.11. The molecule has 1 aromatic heterocycles. The second-order valence-electron chi connectivity index (χ2n) is 7.81. The van der Waals surface area contributed by atoms with Crippen LogP contribution in [0.15, 0.2) is 48.7 Å². The maximum Gasteiger partial charge on any atom is 0.152 e. The smallest absolute Gasteiger partial charge is 0.152 e. The first-order valence-electron chi connectivity index (χ1n) is 11.3. The molecule has 166 valence electrons. The fraction of sp³-hybridized carbons (Fsp3) is 0.423. The molecule has 2 heterocycles. The maximum absolute atomic E-state index is 11.4. The highest BCUT2D eigenvalue weighted by molar-refractivity contribution is 6.35. The van der Waals surface area contributed by atoms with Crippen LogP contribution in [0.25, 0.3) is 10.9 Å². The number of carbonyl (C=O) groups excluding carboxylic acids is 1. The predicted molar refractivity (Wildman–Crippen MR) is 130 cm³/mol. The molecule has 0 spiro atoms. The van der Waals surface area contributed by atoms with Crippen molar-refractivity contribution in [3.8, 4) is 5.75 Å². The molecule has 0 radical (unpaired) electrons. The van der Waals surface area contributed by atoms with E-state index in [2.05, 4.69) is 28.5 Å². The summed E-state index contributed by atoms with van der Waals surface area (Å²) < 4.78 is 8.33. The zero-order chi connectivity index (χ0) is 22.2. The molecular weight excluding hydrogens is 408 g/mol. The predicted octanol–water partition coefficient (Wildman–Crippen LogP) is 6.38. The molecule has 1 aliphatic heterocycles. The second kappa shape index (κ2) is 11.4. The van der Waals surface area contributed by atoms with Gasteiger partial charge < -0.3 is 14.2 Å². The van der Waals surface area contributed by atoms with Gasteiger partial charge in [0.15, 0.2) is 6.29 Å². The first kappa shape index (κ1) is 23.4. The van der Waals surface area contributed by atoms with Crippen molar-refractivity contribution in [2.45, 2.75) is 52.7 Å². The van der Waals surface area contributed by atoms with Gasteiger partial charge in [0.25, 0.3) is 0 Å². The summed E-state index contributed by atoms with van der Waals surface area (Å²) in [5, 5.41) is 1.63. The van der Waals surface area contributed by atoms with Crippen molar-refractivity contribution in [3.63, 3.8) is 0 Å². The number of para-hydroxylation sites is 2. The number of benzene rings is 2. The number of carbonyl (C=O) groups is 1. The van der Waals surface area contributed by atoms with E-state index in [-0.39, 0.29) is 0 Å². The van der Waals surface area contributed by atoms with E-state index in [0.717, 1.165) is 68.4 Å². The van der Waals surface area contributed by atoms with Crippen LogP contribution >= 0.6 is 11.6 Å². The Morgan fingerprint density at radius 2 is 1.81 bits per heavy atom. The third-order valence-electron chi connectivity index (χ3n) is 5.80. The summed E-state index contributed by atoms with van der Waals surface area (Å²) in [4.78, 5) is 13.9. The highest BCUT2D eigenvalue weighted by Crippen LogP contribution is 2.28. The van der Waals surface area contributed by atoms with Crippen LogP contribution in [0.3, 0.4) is 0 Å². The van der Waals surface area contributed by atoms with Crippen LogP contribution in [0.1, 0.15) is 49.0 Å². The van der Waals surface area contributed by atoms with Gasteiger partial charge in [0.1, 0.15) is 11.9 Å². The van der Waals surface area contributed by atoms with Gasteiger partial charge in [0, 0.05) is 36.8 Å². The second-order valence-corrected chi connectivity index (χ2v) is 8.22. The van der Waals surface area contributed by atoms with Crippen LogP contribution < -0.4 is 4.74 Å². The summed E-state index contributed by atoms with van der Waals surface area (Å²) in [5.41, 5.74) is 2.86. The number of fused-ring (bicyclic) bond motifs is 1. The van der Waals surface area contributed by atoms with E-state index in [1.807, 2.05) is 50.4 Å². The molecule has 0 bridgehead atoms. The number of hydrogen-bond donors (Lipinski definition) is 0. The van der Waals surface area contributed by atoms with Gasteiger partial charge in [-0.25, -0.2) is 0 Å². The summed E-state index contributed by atoms with van der Waals surface area (Å²) in [5.74, 6) is 1.01. The van der Waals surface area contributed by atoms with E-state index in [1.165, 1.54) is 5.56 Å². The quantitative estimate of drug-likeness (QED) is 0.400. The largest absolute Gasteiger partial charge is 0.490 e. The van der Waals surface area contributed by atoms with Crippen LogP contribution in [0.5, 0.6) is 5.75 Å². The molecule has 0 unspecified atom stereocenters. The van der Waals surface area contributed by atoms with Crippen molar-refractivity contribution in [3.05, 3.63) is 64.8 Å². The summed E-state index contributed by atoms with van der Waals surface area (Å²) in [7, 11) is 0. The first-order valence-corrected chi connectivity index (χ1v) is 11.7. The Morgan fingerprint density at radius 1 is 1.06 bits per heavy atom. The van der Waals surface area contributed by atoms with Crippen LogP contribution in [0.2, 0.25) is 5.02 Å². The minimum atomic E-state index is 0.301. The van der Waals surface area contributed by atoms with Gasteiger partial charge in [-0.15, -0.1) is 0 Å². The molecule has 0 aliphatic carbocycles. The monoisotopic (exact) mass is 440 g/mol. The van der Waals surface area contributed by atoms with Crippen LogP contribution in [-0.4, -0.2) is 41.5 Å². The lowest BCUT2D eigenvalue weighted by atomic mass is 10.1. The standard InChI is InChI=1S/C24H27ClN2O2.C2H6/c1-18-6-2-3-9-23(18)29-20-10-14-26(15-11-20)12-5-13-27-16-19(17-28)21-7-4-8-22(25)24(21)27;1-2/h2-4,6-9,16-17,20H,5,10-15H2,1H3;1-2H3. The van der Waals surface area contributed by atoms with Gasteiger partial charge in [-0.2, -0.15) is 0 Å². The van der Waals surface area contributed by atoms with E-state index in [4.69, 9.17) is 16.3 Å². The van der Waals surface area contributed by atoms with Crippen molar-refractivity contribution in [1.82, 2.24) is 9.47 Å². The average molecular weight is 441 g/mol. The number of hydrogen-bond acceptors (Lipinski definition) is 3. The SMILES string of the molecule is CC.Cc1ccccc1OC1CCN(CCCn2cc(C=O)c3cccc(Cl)c32)CC1. The molecule has 0 amide bonds. The topological polar surface area (TPSA) is 34.5 Å². The third kappa shape index (κ3) is 5.69. The number of ether oxygens (including phenoxy) is 1. The molecule has 0 saturated carbocycles. The minimum Gasteiger partial charge on any atom is -0.490 e. The molecule has 4 nitrogen and oxygen atoms in total. The fourth-order valence-electron chi connectivity index (χ4n) is 4.20. The van der Waals surface area contributed by atoms with E-state index in [1.54, 1.807) is 0 Å². The zero-order valence-corrected chi connectivity index (χ0v) is 19.6. The number of aldehydes is 1. The lowest BCUT2D eigenvalue weighted by Gasteiger charge is -2.32. The lowest BCUT2D eigenvalue weighted by molar-refractivity contribution is 0.0987. The molecule has 3 aromatic rings. The highest BCUT2D eigenvalue weighted by atomic mass is 35.5. The molecule has 5 heteroatoms. The van der Waals surface area contributed by atoms with Crippen molar-refractivity contribution >= 4 is 28.8 Å². The Hall–Kier alpha value is -2.30. The van der Waals surface area contributed by atoms with Gasteiger partial charge in [0.2, 0.25) is 0 Å². The van der Waals surface area contributed by atoms with Gasteiger partial charge in [-0.05, 0) is 50.4 Å². The van der Waals surface area contributed by atoms with Crippen molar-refractivity contribution in [2.24, 2.45) is 0 Å². The van der Waals surface area contributed by atoms with Gasteiger partial charge in [-0.1, -0.05) is 55.8 Å². The molecule has 1 saturated heterocycles. The Kier molecular flexibility index (Phi) is 8.56. The van der Waals surface area contributed by atoms with E-state index in [0.29, 0.717) is 16.7 Å². The van der Waals surface area contributed by atoms with Crippen LogP contribution in [0.4, 0.5) is 0 Å². The number of aromatic nitrogens is 1. The Morgan fingerprint density at radius 3 is 2.52 bits per heavy atom. The maximum atomic E-state index is 11.4. The molecule has 31 heavy (non-hydrogen) atoms. The summed E-state index contributed by atoms with van der Waals surface area (Å²) in [6, 6.07) is 14.0. The molecule has 1 aliphatic rings. The Balaban J connectivity index is 0.00000132. The zero-order valence-electron chi connectivity index (χ0n) is 18.8. The summed E-state index contributed by atoms with van der Waals surface area (Å²) >= 11 is 6.39. The average Bonchev–Trinajstić information content (AvgIpc) is 3.17. The number of piperidine rings is 1. The molecule has 4 rings (SSSR count). The minimum absolute atomic E-state index is 0.301. The summed E-state index contributed by atoms with van der Waals surface area (Å²) in [6.45, 7) is 10.1. The Bertz CT molecular complexity index is 990. The number of aryl methyl sites for hydroxylation is 2. The van der Waals surface area contributed by atoms with Crippen LogP contribution in [-0.2, 0) is 6.54 Å². The van der Waals surface area contributed by atoms with Crippen molar-refractivity contribution in [2.75, 3.05) is 19.6 Å². The fourth-order valence-corrected chi connectivity index (χ4v) is 4.48. The first-order chi connectivity index (χ1) is 15.2. The highest BCUT2D eigenvalue weighted by Gasteiger charge is 2.21. The van der Waals surface area contributed by atoms with Crippen molar-refractivity contribution in [1.29, 1.82) is 0 Å². The number of nitrogens with zero attached hydrogens (tertiary/aromatic N) is 2.